The molecule has 1 atom stereocenters. The summed E-state index contributed by atoms with van der Waals surface area (Å²) in [7, 11) is 0. The first-order chi connectivity index (χ1) is 12.9. The first-order valence-electron chi connectivity index (χ1n) is 10.7. The number of ketones is 1. The molecular weight excluding hydrogens is 336 g/mol. The summed E-state index contributed by atoms with van der Waals surface area (Å²) >= 11 is 0. The molecule has 0 N–H and O–H groups in total. The van der Waals surface area contributed by atoms with Gasteiger partial charge in [-0.25, -0.2) is 0 Å². The molecule has 1 aromatic carbocycles. The van der Waals surface area contributed by atoms with Gasteiger partial charge in [0, 0.05) is 24.7 Å². The van der Waals surface area contributed by atoms with Crippen molar-refractivity contribution in [2.75, 3.05) is 39.3 Å². The molecule has 0 aromatic heterocycles. The second-order valence-corrected chi connectivity index (χ2v) is 9.16. The van der Waals surface area contributed by atoms with E-state index in [1.807, 2.05) is 24.3 Å². The Morgan fingerprint density at radius 1 is 1.19 bits per heavy atom. The number of nitrogens with zero attached hydrogens (tertiary/aromatic N) is 2. The number of carbonyl (C=O) groups excluding carboxylic acids is 1. The molecule has 0 aliphatic carbocycles. The fraction of sp³-hybridized carbons (Fsp3) is 0.696. The fourth-order valence-corrected chi connectivity index (χ4v) is 4.49. The van der Waals surface area contributed by atoms with Crippen LogP contribution in [0.15, 0.2) is 24.3 Å². The quantitative estimate of drug-likeness (QED) is 0.505. The Hall–Kier alpha value is -1.39. The number of rotatable bonds is 8. The van der Waals surface area contributed by atoms with E-state index in [1.165, 1.54) is 32.2 Å². The van der Waals surface area contributed by atoms with Gasteiger partial charge < -0.3 is 9.64 Å². The molecule has 4 nitrogen and oxygen atoms in total. The summed E-state index contributed by atoms with van der Waals surface area (Å²) in [6.07, 6.45) is 6.14. The Labute approximate surface area is 164 Å². The molecule has 2 heterocycles. The summed E-state index contributed by atoms with van der Waals surface area (Å²) < 4.78 is 5.86. The van der Waals surface area contributed by atoms with Crippen molar-refractivity contribution in [1.82, 2.24) is 9.80 Å². The molecule has 27 heavy (non-hydrogen) atoms. The highest BCUT2D eigenvalue weighted by molar-refractivity contribution is 5.97. The van der Waals surface area contributed by atoms with E-state index in [4.69, 9.17) is 4.74 Å². The summed E-state index contributed by atoms with van der Waals surface area (Å²) in [5.74, 6) is 1.07. The largest absolute Gasteiger partial charge is 0.494 e. The van der Waals surface area contributed by atoms with Crippen molar-refractivity contribution in [2.24, 2.45) is 5.41 Å². The molecule has 2 fully saturated rings. The fourth-order valence-electron chi connectivity index (χ4n) is 4.49. The molecule has 0 amide bonds. The van der Waals surface area contributed by atoms with Gasteiger partial charge >= 0.3 is 0 Å². The van der Waals surface area contributed by atoms with Crippen LogP contribution >= 0.6 is 0 Å². The molecule has 1 unspecified atom stereocenters. The van der Waals surface area contributed by atoms with Crippen LogP contribution in [0, 0.1) is 5.41 Å². The third-order valence-electron chi connectivity index (χ3n) is 6.07. The molecule has 0 radical (unpaired) electrons. The number of piperidine rings is 1. The van der Waals surface area contributed by atoms with Gasteiger partial charge in [-0.05, 0) is 81.8 Å². The minimum atomic E-state index is 0.210. The summed E-state index contributed by atoms with van der Waals surface area (Å²) in [6.45, 7) is 12.5. The van der Waals surface area contributed by atoms with Crippen LogP contribution < -0.4 is 4.74 Å². The van der Waals surface area contributed by atoms with Crippen molar-refractivity contribution in [2.45, 2.75) is 58.9 Å². The maximum absolute atomic E-state index is 12.6. The highest BCUT2D eigenvalue weighted by Gasteiger charge is 2.27. The molecule has 2 aliphatic rings. The molecule has 150 valence electrons. The van der Waals surface area contributed by atoms with Crippen LogP contribution in [0.1, 0.15) is 63.2 Å². The third kappa shape index (κ3) is 6.05. The van der Waals surface area contributed by atoms with Crippen LogP contribution in [0.5, 0.6) is 5.75 Å². The molecule has 3 rings (SSSR count). The van der Waals surface area contributed by atoms with E-state index < -0.39 is 0 Å². The monoisotopic (exact) mass is 372 g/mol. The second-order valence-electron chi connectivity index (χ2n) is 9.16. The summed E-state index contributed by atoms with van der Waals surface area (Å²) in [4.78, 5) is 17.4. The van der Waals surface area contributed by atoms with Gasteiger partial charge in [-0.1, -0.05) is 13.8 Å². The van der Waals surface area contributed by atoms with Gasteiger partial charge in [0.05, 0.1) is 13.2 Å². The first kappa shape index (κ1) is 20.3. The van der Waals surface area contributed by atoms with Crippen LogP contribution in [0.2, 0.25) is 0 Å². The number of likely N-dealkylation sites (tertiary alicyclic amines) is 2. The number of hydrogen-bond acceptors (Lipinski definition) is 4. The Morgan fingerprint density at radius 3 is 2.63 bits per heavy atom. The van der Waals surface area contributed by atoms with E-state index >= 15 is 0 Å². The predicted molar refractivity (Wildman–Crippen MR) is 111 cm³/mol. The van der Waals surface area contributed by atoms with Crippen LogP contribution in [-0.4, -0.2) is 61.0 Å². The number of carbonyl (C=O) groups is 1. The van der Waals surface area contributed by atoms with E-state index in [0.717, 1.165) is 50.0 Å². The minimum Gasteiger partial charge on any atom is -0.494 e. The summed E-state index contributed by atoms with van der Waals surface area (Å²) in [6, 6.07) is 8.42. The van der Waals surface area contributed by atoms with E-state index in [9.17, 15) is 4.79 Å². The lowest BCUT2D eigenvalue weighted by Crippen LogP contribution is -2.42. The highest BCUT2D eigenvalue weighted by Crippen LogP contribution is 2.28. The lowest BCUT2D eigenvalue weighted by Gasteiger charge is -2.37. The Balaban J connectivity index is 1.40. The molecule has 4 heteroatoms. The first-order valence-corrected chi connectivity index (χ1v) is 10.7. The zero-order valence-electron chi connectivity index (χ0n) is 17.4. The Bertz CT molecular complexity index is 611. The molecule has 2 saturated heterocycles. The standard InChI is InChI=1S/C23H36N2O2/c1-19-7-4-14-25(19)15-6-16-27-21-10-8-20(9-11-21)22(26)17-24-13-5-12-23(2,3)18-24/h8-11,19H,4-7,12-18H2,1-3H3. The van der Waals surface area contributed by atoms with Crippen LogP contribution in [0.25, 0.3) is 0 Å². The van der Waals surface area contributed by atoms with Gasteiger partial charge in [-0.2, -0.15) is 0 Å². The highest BCUT2D eigenvalue weighted by atomic mass is 16.5. The molecule has 0 bridgehead atoms. The van der Waals surface area contributed by atoms with Crippen molar-refractivity contribution in [3.63, 3.8) is 0 Å². The van der Waals surface area contributed by atoms with Crippen molar-refractivity contribution in [1.29, 1.82) is 0 Å². The van der Waals surface area contributed by atoms with Crippen LogP contribution in [0.4, 0.5) is 0 Å². The smallest absolute Gasteiger partial charge is 0.176 e. The van der Waals surface area contributed by atoms with E-state index in [0.29, 0.717) is 12.0 Å². The normalized spacial score (nSPS) is 23.4. The van der Waals surface area contributed by atoms with Gasteiger partial charge in [0.2, 0.25) is 0 Å². The minimum absolute atomic E-state index is 0.210. The predicted octanol–water partition coefficient (Wildman–Crippen LogP) is 4.24. The number of benzene rings is 1. The van der Waals surface area contributed by atoms with Gasteiger partial charge in [0.1, 0.15) is 5.75 Å². The van der Waals surface area contributed by atoms with Crippen molar-refractivity contribution >= 4 is 5.78 Å². The van der Waals surface area contributed by atoms with E-state index in [-0.39, 0.29) is 5.78 Å². The zero-order chi connectivity index (χ0) is 19.3. The Morgan fingerprint density at radius 2 is 1.96 bits per heavy atom. The topological polar surface area (TPSA) is 32.8 Å². The Kier molecular flexibility index (Phi) is 6.93. The average molecular weight is 373 g/mol. The molecule has 1 aromatic rings. The van der Waals surface area contributed by atoms with Gasteiger partial charge in [-0.3, -0.25) is 9.69 Å². The SMILES string of the molecule is CC1CCCN1CCCOc1ccc(C(=O)CN2CCCC(C)(C)C2)cc1. The lowest BCUT2D eigenvalue weighted by atomic mass is 9.84. The van der Waals surface area contributed by atoms with Crippen LogP contribution in [-0.2, 0) is 0 Å². The maximum Gasteiger partial charge on any atom is 0.176 e. The van der Waals surface area contributed by atoms with Crippen molar-refractivity contribution in [3.05, 3.63) is 29.8 Å². The van der Waals surface area contributed by atoms with Crippen molar-refractivity contribution in [3.8, 4) is 5.75 Å². The number of hydrogen-bond donors (Lipinski definition) is 0. The third-order valence-corrected chi connectivity index (χ3v) is 6.07. The van der Waals surface area contributed by atoms with Crippen molar-refractivity contribution < 1.29 is 9.53 Å². The van der Waals surface area contributed by atoms with Gasteiger partial charge in [0.25, 0.3) is 0 Å². The lowest BCUT2D eigenvalue weighted by molar-refractivity contribution is 0.0810. The van der Waals surface area contributed by atoms with Gasteiger partial charge in [-0.15, -0.1) is 0 Å². The molecule has 0 saturated carbocycles. The number of ether oxygens (including phenoxy) is 1. The zero-order valence-corrected chi connectivity index (χ0v) is 17.4. The van der Waals surface area contributed by atoms with Gasteiger partial charge in [0.15, 0.2) is 5.78 Å². The summed E-state index contributed by atoms with van der Waals surface area (Å²) in [5.41, 5.74) is 1.11. The average Bonchev–Trinajstić information content (AvgIpc) is 3.03. The molecular formula is C23H36N2O2. The van der Waals surface area contributed by atoms with Crippen LogP contribution in [0.3, 0.4) is 0 Å². The number of Topliss-reactive ketones (excluding diaryl/α,β-unsaturated/α-hetero) is 1. The molecule has 0 spiro atoms. The second kappa shape index (κ2) is 9.20. The molecule has 2 aliphatic heterocycles. The van der Waals surface area contributed by atoms with E-state index in [1.54, 1.807) is 0 Å². The maximum atomic E-state index is 12.6. The van der Waals surface area contributed by atoms with E-state index in [2.05, 4.69) is 30.6 Å². The summed E-state index contributed by atoms with van der Waals surface area (Å²) in [5, 5.41) is 0.